The molecule has 1 aromatic carbocycles. The Balaban J connectivity index is 1.71. The SMILES string of the molecule is O=C(O)C1COCCN1C(=O)c1cccc(OCc2cccnc2)c1. The number of carboxylic acid groups (broad SMARTS) is 1. The van der Waals surface area contributed by atoms with Gasteiger partial charge in [0.2, 0.25) is 0 Å². The van der Waals surface area contributed by atoms with Gasteiger partial charge in [-0.3, -0.25) is 9.78 Å². The highest BCUT2D eigenvalue weighted by atomic mass is 16.5. The molecule has 7 heteroatoms. The predicted octanol–water partition coefficient (Wildman–Crippen LogP) is 1.59. The van der Waals surface area contributed by atoms with Crippen LogP contribution in [0.3, 0.4) is 0 Å². The van der Waals surface area contributed by atoms with Crippen LogP contribution < -0.4 is 4.74 Å². The number of benzene rings is 1. The zero-order chi connectivity index (χ0) is 17.6. The number of ether oxygens (including phenoxy) is 2. The van der Waals surface area contributed by atoms with Gasteiger partial charge in [0.1, 0.15) is 12.4 Å². The number of carbonyl (C=O) groups excluding carboxylic acids is 1. The van der Waals surface area contributed by atoms with Gasteiger partial charge in [0.25, 0.3) is 5.91 Å². The third-order valence-corrected chi connectivity index (χ3v) is 3.88. The van der Waals surface area contributed by atoms with Crippen LogP contribution in [0.25, 0.3) is 0 Å². The molecule has 0 radical (unpaired) electrons. The third-order valence-electron chi connectivity index (χ3n) is 3.88. The van der Waals surface area contributed by atoms with Crippen molar-refractivity contribution in [3.63, 3.8) is 0 Å². The monoisotopic (exact) mass is 342 g/mol. The van der Waals surface area contributed by atoms with Gasteiger partial charge in [0.05, 0.1) is 13.2 Å². The molecular weight excluding hydrogens is 324 g/mol. The first-order valence-electron chi connectivity index (χ1n) is 7.88. The van der Waals surface area contributed by atoms with Crippen LogP contribution in [-0.2, 0) is 16.1 Å². The molecule has 25 heavy (non-hydrogen) atoms. The molecule has 130 valence electrons. The second kappa shape index (κ2) is 7.76. The Morgan fingerprint density at radius 3 is 2.96 bits per heavy atom. The minimum absolute atomic E-state index is 0.00172. The molecule has 2 aromatic rings. The van der Waals surface area contributed by atoms with Crippen LogP contribution >= 0.6 is 0 Å². The maximum absolute atomic E-state index is 12.7. The molecule has 1 fully saturated rings. The summed E-state index contributed by atoms with van der Waals surface area (Å²) in [5, 5.41) is 9.26. The first-order chi connectivity index (χ1) is 12.1. The van der Waals surface area contributed by atoms with Crippen LogP contribution in [0.5, 0.6) is 5.75 Å². The van der Waals surface area contributed by atoms with Crippen molar-refractivity contribution in [2.45, 2.75) is 12.6 Å². The van der Waals surface area contributed by atoms with Gasteiger partial charge >= 0.3 is 5.97 Å². The summed E-state index contributed by atoms with van der Waals surface area (Å²) in [6.07, 6.45) is 3.39. The van der Waals surface area contributed by atoms with Gasteiger partial charge in [-0.1, -0.05) is 12.1 Å². The van der Waals surface area contributed by atoms with Gasteiger partial charge in [-0.15, -0.1) is 0 Å². The van der Waals surface area contributed by atoms with Crippen LogP contribution in [0.1, 0.15) is 15.9 Å². The zero-order valence-corrected chi connectivity index (χ0v) is 13.5. The number of hydrogen-bond acceptors (Lipinski definition) is 5. The Kier molecular flexibility index (Phi) is 5.25. The number of hydrogen-bond donors (Lipinski definition) is 1. The smallest absolute Gasteiger partial charge is 0.328 e. The van der Waals surface area contributed by atoms with Gasteiger partial charge in [-0.05, 0) is 24.3 Å². The highest BCUT2D eigenvalue weighted by molar-refractivity contribution is 5.97. The number of rotatable bonds is 5. The molecule has 3 rings (SSSR count). The minimum atomic E-state index is -1.07. The summed E-state index contributed by atoms with van der Waals surface area (Å²) in [6, 6.07) is 9.47. The van der Waals surface area contributed by atoms with Crippen LogP contribution in [0, 0.1) is 0 Å². The summed E-state index contributed by atoms with van der Waals surface area (Å²) in [5.41, 5.74) is 1.30. The average molecular weight is 342 g/mol. The molecule has 0 aliphatic carbocycles. The quantitative estimate of drug-likeness (QED) is 0.887. The van der Waals surface area contributed by atoms with Crippen molar-refractivity contribution in [2.75, 3.05) is 19.8 Å². The normalized spacial score (nSPS) is 17.1. The molecule has 0 bridgehead atoms. The first kappa shape index (κ1) is 16.9. The fraction of sp³-hybridized carbons (Fsp3) is 0.278. The van der Waals surface area contributed by atoms with E-state index in [1.54, 1.807) is 36.7 Å². The Bertz CT molecular complexity index is 750. The lowest BCUT2D eigenvalue weighted by Gasteiger charge is -2.32. The average Bonchev–Trinajstić information content (AvgIpc) is 2.67. The van der Waals surface area contributed by atoms with Gasteiger partial charge in [-0.2, -0.15) is 0 Å². The van der Waals surface area contributed by atoms with E-state index in [1.807, 2.05) is 12.1 Å². The van der Waals surface area contributed by atoms with Crippen LogP contribution in [0.4, 0.5) is 0 Å². The van der Waals surface area contributed by atoms with Crippen molar-refractivity contribution in [2.24, 2.45) is 0 Å². The number of nitrogens with zero attached hydrogens (tertiary/aromatic N) is 2. The number of amides is 1. The van der Waals surface area contributed by atoms with Crippen LogP contribution in [0.2, 0.25) is 0 Å². The van der Waals surface area contributed by atoms with Gasteiger partial charge in [-0.25, -0.2) is 4.79 Å². The molecule has 7 nitrogen and oxygen atoms in total. The molecular formula is C18H18N2O5. The number of carboxylic acids is 1. The Hall–Kier alpha value is -2.93. The number of aromatic nitrogens is 1. The fourth-order valence-electron chi connectivity index (χ4n) is 2.59. The number of morpholine rings is 1. The topological polar surface area (TPSA) is 89.0 Å². The highest BCUT2D eigenvalue weighted by Crippen LogP contribution is 2.19. The van der Waals surface area contributed by atoms with Crippen LogP contribution in [-0.4, -0.2) is 52.7 Å². The molecule has 1 N–H and O–H groups in total. The van der Waals surface area contributed by atoms with E-state index in [-0.39, 0.29) is 19.1 Å². The second-order valence-electron chi connectivity index (χ2n) is 5.61. The van der Waals surface area contributed by atoms with E-state index in [4.69, 9.17) is 9.47 Å². The Morgan fingerprint density at radius 1 is 1.32 bits per heavy atom. The van der Waals surface area contributed by atoms with Crippen molar-refractivity contribution in [1.29, 1.82) is 0 Å². The summed E-state index contributed by atoms with van der Waals surface area (Å²) < 4.78 is 10.9. The van der Waals surface area contributed by atoms with E-state index >= 15 is 0 Å². The highest BCUT2D eigenvalue weighted by Gasteiger charge is 2.33. The second-order valence-corrected chi connectivity index (χ2v) is 5.61. The standard InChI is InChI=1S/C18H18N2O5/c21-17(20-7-8-24-12-16(20)18(22)23)14-4-1-5-15(9-14)25-11-13-3-2-6-19-10-13/h1-6,9-10,16H,7-8,11-12H2,(H,22,23). The lowest BCUT2D eigenvalue weighted by atomic mass is 10.1. The van der Waals surface area contributed by atoms with E-state index in [2.05, 4.69) is 4.98 Å². The summed E-state index contributed by atoms with van der Waals surface area (Å²) >= 11 is 0. The molecule has 0 spiro atoms. The van der Waals surface area contributed by atoms with Crippen molar-refractivity contribution in [3.05, 3.63) is 59.9 Å². The Morgan fingerprint density at radius 2 is 2.20 bits per heavy atom. The fourth-order valence-corrected chi connectivity index (χ4v) is 2.59. The van der Waals surface area contributed by atoms with E-state index in [1.165, 1.54) is 4.90 Å². The minimum Gasteiger partial charge on any atom is -0.489 e. The molecule has 1 aliphatic heterocycles. The number of carbonyl (C=O) groups is 2. The van der Waals surface area contributed by atoms with E-state index < -0.39 is 12.0 Å². The van der Waals surface area contributed by atoms with Crippen molar-refractivity contribution >= 4 is 11.9 Å². The predicted molar refractivity (Wildman–Crippen MR) is 88.3 cm³/mol. The lowest BCUT2D eigenvalue weighted by molar-refractivity contribution is -0.147. The summed E-state index contributed by atoms with van der Waals surface area (Å²) in [7, 11) is 0. The number of pyridine rings is 1. The Labute approximate surface area is 144 Å². The summed E-state index contributed by atoms with van der Waals surface area (Å²) in [4.78, 5) is 29.4. The van der Waals surface area contributed by atoms with E-state index in [0.717, 1.165) is 5.56 Å². The van der Waals surface area contributed by atoms with Gasteiger partial charge < -0.3 is 19.5 Å². The summed E-state index contributed by atoms with van der Waals surface area (Å²) in [6.45, 7) is 0.905. The molecule has 1 unspecified atom stereocenters. The molecule has 2 heterocycles. The van der Waals surface area contributed by atoms with E-state index in [0.29, 0.717) is 24.5 Å². The van der Waals surface area contributed by atoms with Gasteiger partial charge in [0, 0.05) is 30.1 Å². The zero-order valence-electron chi connectivity index (χ0n) is 13.5. The molecule has 1 aromatic heterocycles. The van der Waals surface area contributed by atoms with E-state index in [9.17, 15) is 14.7 Å². The molecule has 0 saturated carbocycles. The van der Waals surface area contributed by atoms with Crippen LogP contribution in [0.15, 0.2) is 48.8 Å². The first-order valence-corrected chi connectivity index (χ1v) is 7.88. The lowest BCUT2D eigenvalue weighted by Crippen LogP contribution is -2.52. The molecule has 1 aliphatic rings. The number of aliphatic carboxylic acids is 1. The maximum Gasteiger partial charge on any atom is 0.328 e. The van der Waals surface area contributed by atoms with Gasteiger partial charge in [0.15, 0.2) is 6.04 Å². The van der Waals surface area contributed by atoms with Crippen molar-refractivity contribution in [3.8, 4) is 5.75 Å². The summed E-state index contributed by atoms with van der Waals surface area (Å²) in [5.74, 6) is -0.880. The largest absolute Gasteiger partial charge is 0.489 e. The van der Waals surface area contributed by atoms with Crippen molar-refractivity contribution < 1.29 is 24.2 Å². The molecule has 1 atom stereocenters. The third kappa shape index (κ3) is 4.13. The molecule has 1 saturated heterocycles. The maximum atomic E-state index is 12.7. The molecule has 1 amide bonds. The van der Waals surface area contributed by atoms with Crippen molar-refractivity contribution in [1.82, 2.24) is 9.88 Å².